The van der Waals surface area contributed by atoms with Crippen molar-refractivity contribution >= 4 is 22.8 Å². The van der Waals surface area contributed by atoms with Gasteiger partial charge in [-0.3, -0.25) is 0 Å². The summed E-state index contributed by atoms with van der Waals surface area (Å²) in [5, 5.41) is 15.1. The lowest BCUT2D eigenvalue weighted by molar-refractivity contribution is 0.0697. The van der Waals surface area contributed by atoms with Gasteiger partial charge in [-0.15, -0.1) is 0 Å². The predicted octanol–water partition coefficient (Wildman–Crippen LogP) is 5.92. The molecule has 1 aliphatic carbocycles. The second-order valence-corrected chi connectivity index (χ2v) is 8.21. The molecule has 4 rings (SSSR count). The molecule has 160 valence electrons. The molecule has 3 aromatic carbocycles. The average molecular weight is 416 g/mol. The maximum atomic E-state index is 11.1. The summed E-state index contributed by atoms with van der Waals surface area (Å²) in [5.41, 5.74) is 2.42. The molecule has 0 amide bonds. The summed E-state index contributed by atoms with van der Waals surface area (Å²) in [5.74, 6) is -0.0306. The molecule has 0 spiro atoms. The number of carbonyl (C=O) groups is 1. The highest BCUT2D eigenvalue weighted by atomic mass is 16.5. The van der Waals surface area contributed by atoms with Crippen LogP contribution in [0.15, 0.2) is 72.3 Å². The molecule has 4 nitrogen and oxygen atoms in total. The lowest BCUT2D eigenvalue weighted by Crippen LogP contribution is -2.33. The fourth-order valence-electron chi connectivity index (χ4n) is 4.18. The van der Waals surface area contributed by atoms with Crippen molar-refractivity contribution in [2.45, 2.75) is 38.1 Å². The molecule has 3 aromatic rings. The van der Waals surface area contributed by atoms with Crippen LogP contribution in [-0.4, -0.2) is 30.3 Å². The molecule has 1 saturated carbocycles. The topological polar surface area (TPSA) is 58.6 Å². The maximum Gasteiger partial charge on any atom is 0.335 e. The SMILES string of the molecule is O=C(O)c1ccc(C=C(CNC2CCCCC2)COc2cccc3ccccc23)cc1. The number of fused-ring (bicyclic) bond motifs is 1. The number of carboxylic acids is 1. The molecule has 4 heteroatoms. The summed E-state index contributed by atoms with van der Waals surface area (Å²) in [6.45, 7) is 1.24. The van der Waals surface area contributed by atoms with Crippen LogP contribution >= 0.6 is 0 Å². The summed E-state index contributed by atoms with van der Waals surface area (Å²) in [6.07, 6.45) is 8.48. The Morgan fingerprint density at radius 1 is 0.968 bits per heavy atom. The van der Waals surface area contributed by atoms with E-state index in [2.05, 4.69) is 29.6 Å². The molecule has 0 heterocycles. The molecule has 0 aromatic heterocycles. The van der Waals surface area contributed by atoms with Crippen molar-refractivity contribution in [1.29, 1.82) is 0 Å². The highest BCUT2D eigenvalue weighted by Gasteiger charge is 2.13. The highest BCUT2D eigenvalue weighted by molar-refractivity contribution is 5.88. The number of nitrogens with one attached hydrogen (secondary N) is 1. The van der Waals surface area contributed by atoms with E-state index in [1.54, 1.807) is 12.1 Å². The van der Waals surface area contributed by atoms with Gasteiger partial charge in [0.05, 0.1) is 5.56 Å². The Morgan fingerprint density at radius 2 is 1.71 bits per heavy atom. The monoisotopic (exact) mass is 415 g/mol. The van der Waals surface area contributed by atoms with E-state index in [9.17, 15) is 4.79 Å². The Balaban J connectivity index is 1.51. The molecule has 2 N–H and O–H groups in total. The van der Waals surface area contributed by atoms with Gasteiger partial charge in [0.25, 0.3) is 0 Å². The summed E-state index contributed by atoms with van der Waals surface area (Å²) in [4.78, 5) is 11.1. The van der Waals surface area contributed by atoms with Crippen molar-refractivity contribution in [3.8, 4) is 5.75 Å². The fraction of sp³-hybridized carbons (Fsp3) is 0.296. The maximum absolute atomic E-state index is 11.1. The molecule has 1 aliphatic rings. The van der Waals surface area contributed by atoms with Crippen molar-refractivity contribution in [1.82, 2.24) is 5.32 Å². The molecule has 0 atom stereocenters. The van der Waals surface area contributed by atoms with E-state index in [1.807, 2.05) is 36.4 Å². The van der Waals surface area contributed by atoms with Gasteiger partial charge in [-0.05, 0) is 47.6 Å². The first kappa shape index (κ1) is 21.1. The third kappa shape index (κ3) is 5.74. The van der Waals surface area contributed by atoms with Gasteiger partial charge >= 0.3 is 5.97 Å². The van der Waals surface area contributed by atoms with Gasteiger partial charge in [0.15, 0.2) is 0 Å². The van der Waals surface area contributed by atoms with E-state index in [4.69, 9.17) is 9.84 Å². The number of rotatable bonds is 8. The number of aromatic carboxylic acids is 1. The minimum atomic E-state index is -0.908. The van der Waals surface area contributed by atoms with Crippen LogP contribution in [0.5, 0.6) is 5.75 Å². The summed E-state index contributed by atoms with van der Waals surface area (Å²) in [7, 11) is 0. The number of carboxylic acid groups (broad SMARTS) is 1. The zero-order valence-electron chi connectivity index (χ0n) is 17.7. The number of benzene rings is 3. The molecule has 0 saturated heterocycles. The summed E-state index contributed by atoms with van der Waals surface area (Å²) >= 11 is 0. The van der Waals surface area contributed by atoms with Crippen LogP contribution in [0.3, 0.4) is 0 Å². The van der Waals surface area contributed by atoms with E-state index < -0.39 is 5.97 Å². The van der Waals surface area contributed by atoms with E-state index in [0.29, 0.717) is 18.2 Å². The van der Waals surface area contributed by atoms with Crippen LogP contribution in [0.25, 0.3) is 16.8 Å². The Morgan fingerprint density at radius 3 is 2.48 bits per heavy atom. The Bertz CT molecular complexity index is 1040. The Labute approximate surface area is 183 Å². The first-order valence-corrected chi connectivity index (χ1v) is 11.1. The standard InChI is InChI=1S/C27H29NO3/c29-27(30)23-15-13-20(14-16-23)17-21(18-28-24-9-2-1-3-10-24)19-31-26-12-6-8-22-7-4-5-11-25(22)26/h4-8,11-17,24,28H,1-3,9-10,18-19H2,(H,29,30). The molecule has 0 radical (unpaired) electrons. The van der Waals surface area contributed by atoms with Crippen molar-refractivity contribution < 1.29 is 14.6 Å². The van der Waals surface area contributed by atoms with E-state index in [-0.39, 0.29) is 0 Å². The minimum Gasteiger partial charge on any atom is -0.489 e. The van der Waals surface area contributed by atoms with Crippen LogP contribution in [0.2, 0.25) is 0 Å². The van der Waals surface area contributed by atoms with E-state index >= 15 is 0 Å². The normalized spacial score (nSPS) is 15.2. The highest BCUT2D eigenvalue weighted by Crippen LogP contribution is 2.26. The van der Waals surface area contributed by atoms with Crippen LogP contribution in [-0.2, 0) is 0 Å². The third-order valence-corrected chi connectivity index (χ3v) is 5.91. The smallest absolute Gasteiger partial charge is 0.335 e. The zero-order valence-corrected chi connectivity index (χ0v) is 17.7. The van der Waals surface area contributed by atoms with Gasteiger partial charge in [0.1, 0.15) is 12.4 Å². The van der Waals surface area contributed by atoms with Crippen LogP contribution in [0, 0.1) is 0 Å². The number of hydrogen-bond donors (Lipinski definition) is 2. The van der Waals surface area contributed by atoms with Crippen LogP contribution < -0.4 is 10.1 Å². The lowest BCUT2D eigenvalue weighted by atomic mass is 9.95. The van der Waals surface area contributed by atoms with E-state index in [0.717, 1.165) is 34.2 Å². The van der Waals surface area contributed by atoms with Gasteiger partial charge in [-0.1, -0.05) is 73.9 Å². The molecular weight excluding hydrogens is 386 g/mol. The zero-order chi connectivity index (χ0) is 21.5. The summed E-state index contributed by atoms with van der Waals surface area (Å²) in [6, 6.07) is 21.9. The van der Waals surface area contributed by atoms with Crippen LogP contribution in [0.4, 0.5) is 0 Å². The number of hydrogen-bond acceptors (Lipinski definition) is 3. The van der Waals surface area contributed by atoms with Gasteiger partial charge in [0, 0.05) is 18.0 Å². The predicted molar refractivity (Wildman–Crippen MR) is 126 cm³/mol. The van der Waals surface area contributed by atoms with Gasteiger partial charge in [-0.2, -0.15) is 0 Å². The quantitative estimate of drug-likeness (QED) is 0.479. The van der Waals surface area contributed by atoms with Crippen molar-refractivity contribution in [2.24, 2.45) is 0 Å². The second-order valence-electron chi connectivity index (χ2n) is 8.21. The molecule has 31 heavy (non-hydrogen) atoms. The third-order valence-electron chi connectivity index (χ3n) is 5.91. The number of ether oxygens (including phenoxy) is 1. The molecule has 1 fully saturated rings. The van der Waals surface area contributed by atoms with Crippen molar-refractivity contribution in [3.63, 3.8) is 0 Å². The second kappa shape index (κ2) is 10.3. The van der Waals surface area contributed by atoms with Crippen molar-refractivity contribution in [3.05, 3.63) is 83.4 Å². The Hall–Kier alpha value is -3.11. The first-order valence-electron chi connectivity index (χ1n) is 11.1. The van der Waals surface area contributed by atoms with E-state index in [1.165, 1.54) is 32.1 Å². The minimum absolute atomic E-state index is 0.297. The van der Waals surface area contributed by atoms with Gasteiger partial charge in [0.2, 0.25) is 0 Å². The van der Waals surface area contributed by atoms with Crippen LogP contribution in [0.1, 0.15) is 48.0 Å². The van der Waals surface area contributed by atoms with Gasteiger partial charge < -0.3 is 15.2 Å². The fourth-order valence-corrected chi connectivity index (χ4v) is 4.18. The molecule has 0 unspecified atom stereocenters. The van der Waals surface area contributed by atoms with Crippen molar-refractivity contribution in [2.75, 3.05) is 13.2 Å². The van der Waals surface area contributed by atoms with Gasteiger partial charge in [-0.25, -0.2) is 4.79 Å². The molecular formula is C27H29NO3. The lowest BCUT2D eigenvalue weighted by Gasteiger charge is -2.23. The molecule has 0 bridgehead atoms. The first-order chi connectivity index (χ1) is 15.2. The summed E-state index contributed by atoms with van der Waals surface area (Å²) < 4.78 is 6.25. The molecule has 0 aliphatic heterocycles. The average Bonchev–Trinajstić information content (AvgIpc) is 2.82. The largest absolute Gasteiger partial charge is 0.489 e. The Kier molecular flexibility index (Phi) is 7.00.